The largest absolute Gasteiger partial charge is 0.412 e. The Kier molecular flexibility index (Phi) is 9.23. The van der Waals surface area contributed by atoms with Gasteiger partial charge in [-0.05, 0) is 31.2 Å². The zero-order chi connectivity index (χ0) is 31.4. The SMILES string of the molecule is CC(=O)c1cn(CC(=O)N2C[C@H](F)C[C@H]2C(=O)NCc2cccc(Cl)c2F)c2ccc(OC(=O)NCCc3cnc[nH]3)cc12. The van der Waals surface area contributed by atoms with E-state index in [0.29, 0.717) is 29.4 Å². The number of rotatable bonds is 10. The van der Waals surface area contributed by atoms with Gasteiger partial charge >= 0.3 is 6.09 Å². The highest BCUT2D eigenvalue weighted by molar-refractivity contribution is 6.30. The minimum atomic E-state index is -1.42. The number of hydrogen-bond acceptors (Lipinski definition) is 6. The average Bonchev–Trinajstić information content (AvgIpc) is 3.73. The van der Waals surface area contributed by atoms with Crippen LogP contribution in [-0.4, -0.2) is 68.4 Å². The maximum atomic E-state index is 14.5. The molecule has 1 aliphatic heterocycles. The molecule has 1 aliphatic rings. The van der Waals surface area contributed by atoms with Gasteiger partial charge in [0, 0.05) is 66.0 Å². The van der Waals surface area contributed by atoms with Gasteiger partial charge in [-0.15, -0.1) is 0 Å². The van der Waals surface area contributed by atoms with E-state index in [4.69, 9.17) is 16.3 Å². The number of amides is 3. The van der Waals surface area contributed by atoms with Crippen molar-refractivity contribution < 1.29 is 32.7 Å². The number of likely N-dealkylation sites (tertiary alicyclic amines) is 1. The zero-order valence-electron chi connectivity index (χ0n) is 23.6. The lowest BCUT2D eigenvalue weighted by Gasteiger charge is -2.24. The van der Waals surface area contributed by atoms with E-state index in [9.17, 15) is 28.0 Å². The summed E-state index contributed by atoms with van der Waals surface area (Å²) in [5.41, 5.74) is 1.80. The van der Waals surface area contributed by atoms with Crippen molar-refractivity contribution in [3.8, 4) is 5.75 Å². The molecular weight excluding hydrogens is 598 g/mol. The fraction of sp³-hybridized carbons (Fsp3) is 0.300. The molecule has 3 N–H and O–H groups in total. The van der Waals surface area contributed by atoms with Gasteiger partial charge in [-0.25, -0.2) is 18.6 Å². The number of benzene rings is 2. The van der Waals surface area contributed by atoms with Crippen molar-refractivity contribution in [3.05, 3.63) is 82.8 Å². The van der Waals surface area contributed by atoms with Gasteiger partial charge in [-0.1, -0.05) is 23.7 Å². The highest BCUT2D eigenvalue weighted by Crippen LogP contribution is 2.28. The number of alkyl halides is 1. The molecule has 5 rings (SSSR count). The molecule has 230 valence electrons. The summed E-state index contributed by atoms with van der Waals surface area (Å²) in [6.45, 7) is 0.935. The van der Waals surface area contributed by atoms with Crippen molar-refractivity contribution in [1.29, 1.82) is 0 Å². The number of aromatic nitrogens is 3. The number of ether oxygens (including phenoxy) is 1. The van der Waals surface area contributed by atoms with Crippen LogP contribution in [0.4, 0.5) is 13.6 Å². The fourth-order valence-corrected chi connectivity index (χ4v) is 5.34. The third-order valence-electron chi connectivity index (χ3n) is 7.32. The number of H-pyrrole nitrogens is 1. The van der Waals surface area contributed by atoms with E-state index in [0.717, 1.165) is 10.6 Å². The molecule has 0 saturated carbocycles. The Morgan fingerprint density at radius 3 is 2.75 bits per heavy atom. The van der Waals surface area contributed by atoms with Gasteiger partial charge in [0.1, 0.15) is 30.3 Å². The Bertz CT molecular complexity index is 1710. The minimum Gasteiger partial charge on any atom is -0.410 e. The normalized spacial score (nSPS) is 16.2. The van der Waals surface area contributed by atoms with Gasteiger partial charge in [0.2, 0.25) is 11.8 Å². The van der Waals surface area contributed by atoms with Crippen molar-refractivity contribution in [1.82, 2.24) is 30.1 Å². The number of nitrogens with one attached hydrogen (secondary N) is 3. The highest BCUT2D eigenvalue weighted by Gasteiger charge is 2.39. The Morgan fingerprint density at radius 1 is 1.18 bits per heavy atom. The van der Waals surface area contributed by atoms with Gasteiger partial charge in [0.25, 0.3) is 0 Å². The molecule has 4 aromatic rings. The molecule has 44 heavy (non-hydrogen) atoms. The number of aromatic amines is 1. The number of ketones is 1. The molecule has 3 amide bonds. The van der Waals surface area contributed by atoms with Crippen LogP contribution in [0, 0.1) is 5.82 Å². The molecule has 1 saturated heterocycles. The number of halogens is 3. The predicted molar refractivity (Wildman–Crippen MR) is 157 cm³/mol. The van der Waals surface area contributed by atoms with E-state index in [1.807, 2.05) is 0 Å². The molecule has 2 aromatic carbocycles. The van der Waals surface area contributed by atoms with E-state index < -0.39 is 35.9 Å². The van der Waals surface area contributed by atoms with Crippen LogP contribution in [0.3, 0.4) is 0 Å². The van der Waals surface area contributed by atoms with Gasteiger partial charge in [0.15, 0.2) is 5.78 Å². The number of nitrogens with zero attached hydrogens (tertiary/aromatic N) is 3. The summed E-state index contributed by atoms with van der Waals surface area (Å²) >= 11 is 5.80. The van der Waals surface area contributed by atoms with Crippen molar-refractivity contribution in [2.24, 2.45) is 0 Å². The predicted octanol–water partition coefficient (Wildman–Crippen LogP) is 3.95. The zero-order valence-corrected chi connectivity index (χ0v) is 24.4. The van der Waals surface area contributed by atoms with Gasteiger partial charge in [-0.2, -0.15) is 0 Å². The number of Topliss-reactive ketones (excluding diaryl/α,β-unsaturated/α-hetero) is 1. The molecule has 2 atom stereocenters. The summed E-state index contributed by atoms with van der Waals surface area (Å²) in [5.74, 6) is -1.92. The van der Waals surface area contributed by atoms with Crippen molar-refractivity contribution >= 4 is 46.2 Å². The smallest absolute Gasteiger partial charge is 0.410 e. The standard InChI is InChI=1S/C30H29ClF2N6O5/c1-17(40)23-14-38(25-6-5-21(10-22(23)25)44-30(43)35-8-7-20-12-34-16-37-20)15-27(41)39-13-19(32)9-26(39)29(42)36-11-18-3-2-4-24(31)28(18)33/h2-6,10,12,14,16,19,26H,7-9,11,13,15H2,1H3,(H,34,37)(H,35,43)(H,36,42)/t19-,26+/m1/s1. The first kappa shape index (κ1) is 30.7. The van der Waals surface area contributed by atoms with Crippen molar-refractivity contribution in [3.63, 3.8) is 0 Å². The molecule has 0 unspecified atom stereocenters. The van der Waals surface area contributed by atoms with E-state index in [1.165, 1.54) is 42.0 Å². The second kappa shape index (κ2) is 13.2. The molecule has 2 aromatic heterocycles. The van der Waals surface area contributed by atoms with Crippen LogP contribution in [0.1, 0.15) is 35.0 Å². The molecule has 14 heteroatoms. The minimum absolute atomic E-state index is 0.0922. The summed E-state index contributed by atoms with van der Waals surface area (Å²) in [6.07, 6.45) is 2.92. The van der Waals surface area contributed by atoms with Crippen LogP contribution in [0.25, 0.3) is 10.9 Å². The van der Waals surface area contributed by atoms with Crippen LogP contribution < -0.4 is 15.4 Å². The van der Waals surface area contributed by atoms with Crippen LogP contribution in [0.15, 0.2) is 55.1 Å². The van der Waals surface area contributed by atoms with Crippen molar-refractivity contribution in [2.75, 3.05) is 13.1 Å². The van der Waals surface area contributed by atoms with E-state index in [2.05, 4.69) is 20.6 Å². The van der Waals surface area contributed by atoms with Gasteiger partial charge in [-0.3, -0.25) is 14.4 Å². The number of hydrogen-bond donors (Lipinski definition) is 3. The van der Waals surface area contributed by atoms with Crippen LogP contribution in [-0.2, 0) is 29.1 Å². The first-order valence-electron chi connectivity index (χ1n) is 13.8. The molecule has 0 radical (unpaired) electrons. The number of carbonyl (C=O) groups is 4. The third kappa shape index (κ3) is 6.88. The maximum Gasteiger partial charge on any atom is 0.412 e. The average molecular weight is 627 g/mol. The molecular formula is C30H29ClF2N6O5. The number of fused-ring (bicyclic) bond motifs is 1. The molecule has 0 spiro atoms. The third-order valence-corrected chi connectivity index (χ3v) is 7.62. The molecule has 11 nitrogen and oxygen atoms in total. The summed E-state index contributed by atoms with van der Waals surface area (Å²) in [7, 11) is 0. The lowest BCUT2D eigenvalue weighted by atomic mass is 10.1. The van der Waals surface area contributed by atoms with Crippen LogP contribution in [0.2, 0.25) is 5.02 Å². The van der Waals surface area contributed by atoms with E-state index in [1.54, 1.807) is 24.7 Å². The van der Waals surface area contributed by atoms with Crippen LogP contribution >= 0.6 is 11.6 Å². The lowest BCUT2D eigenvalue weighted by molar-refractivity contribution is -0.139. The summed E-state index contributed by atoms with van der Waals surface area (Å²) in [6, 6.07) is 7.95. The monoisotopic (exact) mass is 626 g/mol. The van der Waals surface area contributed by atoms with E-state index in [-0.39, 0.29) is 48.2 Å². The number of carbonyl (C=O) groups excluding carboxylic acids is 4. The lowest BCUT2D eigenvalue weighted by Crippen LogP contribution is -2.46. The first-order chi connectivity index (χ1) is 21.1. The van der Waals surface area contributed by atoms with Gasteiger partial charge in [0.05, 0.1) is 17.9 Å². The summed E-state index contributed by atoms with van der Waals surface area (Å²) in [4.78, 5) is 59.1. The maximum absolute atomic E-state index is 14.5. The molecule has 0 aliphatic carbocycles. The Morgan fingerprint density at radius 2 is 2.00 bits per heavy atom. The summed E-state index contributed by atoms with van der Waals surface area (Å²) < 4.78 is 35.6. The topological polar surface area (TPSA) is 138 Å². The van der Waals surface area contributed by atoms with Crippen molar-refractivity contribution in [2.45, 2.75) is 45.1 Å². The Balaban J connectivity index is 1.26. The highest BCUT2D eigenvalue weighted by atomic mass is 35.5. The first-order valence-corrected chi connectivity index (χ1v) is 14.2. The number of imidazole rings is 1. The molecule has 0 bridgehead atoms. The van der Waals surface area contributed by atoms with E-state index >= 15 is 0 Å². The second-order valence-electron chi connectivity index (χ2n) is 10.4. The Labute approximate surface area is 255 Å². The Hall–Kier alpha value is -4.78. The quantitative estimate of drug-likeness (QED) is 0.228. The fourth-order valence-electron chi connectivity index (χ4n) is 5.15. The second-order valence-corrected chi connectivity index (χ2v) is 10.8. The molecule has 3 heterocycles. The van der Waals surface area contributed by atoms with Gasteiger partial charge < -0.3 is 29.8 Å². The van der Waals surface area contributed by atoms with Crippen LogP contribution in [0.5, 0.6) is 5.75 Å². The summed E-state index contributed by atoms with van der Waals surface area (Å²) in [5, 5.41) is 5.57. The molecule has 1 fully saturated rings.